The zero-order valence-corrected chi connectivity index (χ0v) is 11.1. The quantitative estimate of drug-likeness (QED) is 0.759. The van der Waals surface area contributed by atoms with Crippen LogP contribution in [0.25, 0.3) is 0 Å². The molecule has 2 atom stereocenters. The SMILES string of the molecule is CC(C)N=CC(=CN)CN1CC[C@H]2CCC[C@H]21. The number of likely N-dealkylation sites (tertiary alicyclic amines) is 1. The van der Waals surface area contributed by atoms with E-state index in [1.54, 1.807) is 6.20 Å². The molecule has 0 bridgehead atoms. The lowest BCUT2D eigenvalue weighted by Gasteiger charge is -2.23. The molecule has 2 rings (SSSR count). The Bertz CT molecular complexity index is 307. The molecule has 0 amide bonds. The van der Waals surface area contributed by atoms with E-state index in [0.29, 0.717) is 6.04 Å². The molecule has 3 nitrogen and oxygen atoms in total. The smallest absolute Gasteiger partial charge is 0.0443 e. The van der Waals surface area contributed by atoms with Gasteiger partial charge in [-0.15, -0.1) is 0 Å². The van der Waals surface area contributed by atoms with Crippen LogP contribution in [-0.2, 0) is 0 Å². The van der Waals surface area contributed by atoms with Crippen molar-refractivity contribution in [2.75, 3.05) is 13.1 Å². The summed E-state index contributed by atoms with van der Waals surface area (Å²) in [5.74, 6) is 0.955. The molecule has 17 heavy (non-hydrogen) atoms. The molecule has 1 aliphatic carbocycles. The van der Waals surface area contributed by atoms with Crippen molar-refractivity contribution in [2.24, 2.45) is 16.6 Å². The summed E-state index contributed by atoms with van der Waals surface area (Å²) in [6, 6.07) is 1.17. The van der Waals surface area contributed by atoms with Crippen molar-refractivity contribution in [3.8, 4) is 0 Å². The van der Waals surface area contributed by atoms with Gasteiger partial charge in [0, 0.05) is 24.8 Å². The lowest BCUT2D eigenvalue weighted by atomic mass is 10.0. The highest BCUT2D eigenvalue weighted by Crippen LogP contribution is 2.37. The van der Waals surface area contributed by atoms with Crippen LogP contribution in [0.1, 0.15) is 39.5 Å². The molecule has 0 radical (unpaired) electrons. The minimum Gasteiger partial charge on any atom is -0.404 e. The molecule has 0 aromatic rings. The van der Waals surface area contributed by atoms with E-state index in [0.717, 1.165) is 24.1 Å². The van der Waals surface area contributed by atoms with E-state index >= 15 is 0 Å². The third-order valence-electron chi connectivity index (χ3n) is 4.01. The van der Waals surface area contributed by atoms with Gasteiger partial charge in [0.1, 0.15) is 0 Å². The zero-order chi connectivity index (χ0) is 12.3. The third kappa shape index (κ3) is 3.09. The molecule has 1 saturated carbocycles. The summed E-state index contributed by atoms with van der Waals surface area (Å²) in [6.45, 7) is 6.40. The number of nitrogens with zero attached hydrogens (tertiary/aromatic N) is 2. The van der Waals surface area contributed by atoms with Crippen LogP contribution in [0.15, 0.2) is 16.8 Å². The van der Waals surface area contributed by atoms with Crippen LogP contribution in [0.2, 0.25) is 0 Å². The monoisotopic (exact) mass is 235 g/mol. The fourth-order valence-corrected chi connectivity index (χ4v) is 3.14. The van der Waals surface area contributed by atoms with Crippen LogP contribution in [0.4, 0.5) is 0 Å². The summed E-state index contributed by atoms with van der Waals surface area (Å²) < 4.78 is 0. The minimum absolute atomic E-state index is 0.350. The Morgan fingerprint density at radius 3 is 2.94 bits per heavy atom. The molecule has 0 aromatic heterocycles. The van der Waals surface area contributed by atoms with E-state index in [4.69, 9.17) is 5.73 Å². The van der Waals surface area contributed by atoms with Gasteiger partial charge in [-0.05, 0) is 57.3 Å². The molecule has 3 heteroatoms. The fourth-order valence-electron chi connectivity index (χ4n) is 3.14. The van der Waals surface area contributed by atoms with Gasteiger partial charge in [0.25, 0.3) is 0 Å². The first-order chi connectivity index (χ1) is 8.20. The van der Waals surface area contributed by atoms with E-state index in [2.05, 4.69) is 23.7 Å². The molecule has 2 fully saturated rings. The highest BCUT2D eigenvalue weighted by molar-refractivity contribution is 5.79. The maximum atomic E-state index is 5.69. The van der Waals surface area contributed by atoms with Gasteiger partial charge in [0.2, 0.25) is 0 Å². The second-order valence-electron chi connectivity index (χ2n) is 5.63. The zero-order valence-electron chi connectivity index (χ0n) is 11.1. The van der Waals surface area contributed by atoms with Crippen molar-refractivity contribution in [1.82, 2.24) is 4.90 Å². The Morgan fingerprint density at radius 1 is 1.41 bits per heavy atom. The predicted molar refractivity (Wildman–Crippen MR) is 73.2 cm³/mol. The lowest BCUT2D eigenvalue weighted by Crippen LogP contribution is -2.32. The second-order valence-corrected chi connectivity index (χ2v) is 5.63. The fraction of sp³-hybridized carbons (Fsp3) is 0.786. The molecule has 1 saturated heterocycles. The molecule has 96 valence electrons. The van der Waals surface area contributed by atoms with Gasteiger partial charge in [0.15, 0.2) is 0 Å². The van der Waals surface area contributed by atoms with E-state index in [9.17, 15) is 0 Å². The predicted octanol–water partition coefficient (Wildman–Crippen LogP) is 2.18. The number of nitrogens with two attached hydrogens (primary N) is 1. The summed E-state index contributed by atoms with van der Waals surface area (Å²) in [5, 5.41) is 0. The number of fused-ring (bicyclic) bond motifs is 1. The summed E-state index contributed by atoms with van der Waals surface area (Å²) >= 11 is 0. The summed E-state index contributed by atoms with van der Waals surface area (Å²) in [5.41, 5.74) is 6.85. The Labute approximate surface area is 105 Å². The second kappa shape index (κ2) is 5.67. The molecular weight excluding hydrogens is 210 g/mol. The maximum Gasteiger partial charge on any atom is 0.0443 e. The van der Waals surface area contributed by atoms with Gasteiger partial charge < -0.3 is 5.73 Å². The maximum absolute atomic E-state index is 5.69. The van der Waals surface area contributed by atoms with Gasteiger partial charge in [-0.2, -0.15) is 0 Å². The standard InChI is InChI=1S/C14H25N3/c1-11(2)16-9-12(8-15)10-17-7-6-13-4-3-5-14(13)17/h8-9,11,13-14H,3-7,10,15H2,1-2H3/t13-,14-/m1/s1. The highest BCUT2D eigenvalue weighted by Gasteiger charge is 2.37. The van der Waals surface area contributed by atoms with E-state index in [1.165, 1.54) is 32.2 Å². The first-order valence-electron chi connectivity index (χ1n) is 6.88. The lowest BCUT2D eigenvalue weighted by molar-refractivity contribution is 0.263. The van der Waals surface area contributed by atoms with Gasteiger partial charge in [-0.3, -0.25) is 9.89 Å². The number of hydrogen-bond acceptors (Lipinski definition) is 3. The number of hydrogen-bond donors (Lipinski definition) is 1. The molecular formula is C14H25N3. The van der Waals surface area contributed by atoms with Crippen molar-refractivity contribution < 1.29 is 0 Å². The topological polar surface area (TPSA) is 41.6 Å². The van der Waals surface area contributed by atoms with Crippen LogP contribution in [0.5, 0.6) is 0 Å². The summed E-state index contributed by atoms with van der Waals surface area (Å²) in [4.78, 5) is 7.02. The Balaban J connectivity index is 1.91. The average molecular weight is 235 g/mol. The van der Waals surface area contributed by atoms with Crippen molar-refractivity contribution in [3.63, 3.8) is 0 Å². The molecule has 2 aliphatic rings. The van der Waals surface area contributed by atoms with Gasteiger partial charge in [0.05, 0.1) is 0 Å². The Morgan fingerprint density at radius 2 is 2.24 bits per heavy atom. The third-order valence-corrected chi connectivity index (χ3v) is 4.01. The molecule has 0 unspecified atom stereocenters. The Hall–Kier alpha value is -0.830. The molecule has 0 aromatic carbocycles. The van der Waals surface area contributed by atoms with E-state index < -0.39 is 0 Å². The van der Waals surface area contributed by atoms with Crippen molar-refractivity contribution in [2.45, 2.75) is 51.6 Å². The largest absolute Gasteiger partial charge is 0.404 e. The number of aliphatic imine (C=N–C) groups is 1. The van der Waals surface area contributed by atoms with E-state index in [-0.39, 0.29) is 0 Å². The molecule has 0 spiro atoms. The van der Waals surface area contributed by atoms with Crippen molar-refractivity contribution >= 4 is 6.21 Å². The van der Waals surface area contributed by atoms with Gasteiger partial charge in [-0.1, -0.05) is 6.42 Å². The van der Waals surface area contributed by atoms with Gasteiger partial charge in [-0.25, -0.2) is 0 Å². The van der Waals surface area contributed by atoms with Crippen LogP contribution < -0.4 is 5.73 Å². The van der Waals surface area contributed by atoms with Crippen molar-refractivity contribution in [3.05, 3.63) is 11.8 Å². The van der Waals surface area contributed by atoms with Gasteiger partial charge >= 0.3 is 0 Å². The Kier molecular flexibility index (Phi) is 4.21. The first kappa shape index (κ1) is 12.6. The van der Waals surface area contributed by atoms with Crippen LogP contribution in [0, 0.1) is 5.92 Å². The summed E-state index contributed by atoms with van der Waals surface area (Å²) in [7, 11) is 0. The van der Waals surface area contributed by atoms with Crippen LogP contribution >= 0.6 is 0 Å². The highest BCUT2D eigenvalue weighted by atomic mass is 15.2. The van der Waals surface area contributed by atoms with E-state index in [1.807, 2.05) is 6.21 Å². The van der Waals surface area contributed by atoms with Crippen LogP contribution in [-0.4, -0.2) is 36.3 Å². The molecule has 1 aliphatic heterocycles. The summed E-state index contributed by atoms with van der Waals surface area (Å²) in [6.07, 6.45) is 9.27. The van der Waals surface area contributed by atoms with Crippen LogP contribution in [0.3, 0.4) is 0 Å². The number of rotatable bonds is 4. The normalized spacial score (nSPS) is 30.6. The minimum atomic E-state index is 0.350. The first-order valence-corrected chi connectivity index (χ1v) is 6.88. The average Bonchev–Trinajstić information content (AvgIpc) is 2.87. The molecule has 2 N–H and O–H groups in total. The van der Waals surface area contributed by atoms with Crippen molar-refractivity contribution in [1.29, 1.82) is 0 Å². The molecule has 1 heterocycles.